The van der Waals surface area contributed by atoms with Crippen LogP contribution in [0.15, 0.2) is 60.8 Å². The van der Waals surface area contributed by atoms with E-state index < -0.39 is 17.7 Å². The molecule has 2 aromatic carbocycles. The van der Waals surface area contributed by atoms with Gasteiger partial charge in [0.25, 0.3) is 0 Å². The van der Waals surface area contributed by atoms with E-state index in [1.54, 1.807) is 25.1 Å². The molecule has 4 aromatic rings. The van der Waals surface area contributed by atoms with Gasteiger partial charge in [-0.1, -0.05) is 12.1 Å². The second-order valence-electron chi connectivity index (χ2n) is 7.98. The maximum Gasteiger partial charge on any atom is 0.417 e. The minimum Gasteiger partial charge on any atom is -0.491 e. The standard InChI is InChI=1S/C26H23F3N2O4/c1-4-33-25(32)24-23(16-5-8-18(9-6-16)34-15(2)3)20-13-19(10-11-21(20)31-24)35-22-12-7-17(14-30-22)26(27,28)29/h5-15,31H,4H2,1-3H3. The first-order chi connectivity index (χ1) is 16.7. The van der Waals surface area contributed by atoms with Crippen LogP contribution in [0.4, 0.5) is 13.2 Å². The van der Waals surface area contributed by atoms with Gasteiger partial charge < -0.3 is 19.2 Å². The SMILES string of the molecule is CCOC(=O)c1[nH]c2ccc(Oc3ccc(C(F)(F)F)cn3)cc2c1-c1ccc(OC(C)C)cc1. The fraction of sp³-hybridized carbons (Fsp3) is 0.231. The normalized spacial score (nSPS) is 11.6. The molecule has 0 aliphatic rings. The maximum atomic E-state index is 12.8. The van der Waals surface area contributed by atoms with Crippen LogP contribution in [0.5, 0.6) is 17.4 Å². The third kappa shape index (κ3) is 5.40. The van der Waals surface area contributed by atoms with Gasteiger partial charge in [-0.15, -0.1) is 0 Å². The van der Waals surface area contributed by atoms with Gasteiger partial charge in [-0.3, -0.25) is 0 Å². The number of hydrogen-bond acceptors (Lipinski definition) is 5. The number of benzene rings is 2. The molecule has 35 heavy (non-hydrogen) atoms. The Bertz CT molecular complexity index is 1330. The van der Waals surface area contributed by atoms with Crippen LogP contribution in [0, 0.1) is 0 Å². The minimum absolute atomic E-state index is 0.00948. The number of carbonyl (C=O) groups is 1. The molecule has 4 rings (SSSR count). The average molecular weight is 484 g/mol. The molecule has 0 amide bonds. The molecule has 0 aliphatic carbocycles. The molecule has 2 heterocycles. The van der Waals surface area contributed by atoms with Crippen molar-refractivity contribution in [3.05, 3.63) is 72.1 Å². The summed E-state index contributed by atoms with van der Waals surface area (Å²) in [5, 5.41) is 0.676. The van der Waals surface area contributed by atoms with Crippen molar-refractivity contribution in [1.29, 1.82) is 0 Å². The molecule has 0 atom stereocenters. The Hall–Kier alpha value is -4.01. The number of nitrogens with zero attached hydrogens (tertiary/aromatic N) is 1. The molecule has 0 aliphatic heterocycles. The minimum atomic E-state index is -4.48. The highest BCUT2D eigenvalue weighted by Crippen LogP contribution is 2.37. The number of esters is 1. The second-order valence-corrected chi connectivity index (χ2v) is 7.98. The van der Waals surface area contributed by atoms with Crippen molar-refractivity contribution in [2.75, 3.05) is 6.61 Å². The van der Waals surface area contributed by atoms with Crippen molar-refractivity contribution in [3.63, 3.8) is 0 Å². The number of alkyl halides is 3. The molecular weight excluding hydrogens is 461 g/mol. The third-order valence-electron chi connectivity index (χ3n) is 5.05. The zero-order chi connectivity index (χ0) is 25.2. The van der Waals surface area contributed by atoms with Crippen LogP contribution in [0.2, 0.25) is 0 Å². The van der Waals surface area contributed by atoms with Crippen molar-refractivity contribution in [1.82, 2.24) is 9.97 Å². The van der Waals surface area contributed by atoms with Crippen molar-refractivity contribution in [3.8, 4) is 28.5 Å². The van der Waals surface area contributed by atoms with E-state index in [1.165, 1.54) is 0 Å². The van der Waals surface area contributed by atoms with E-state index in [0.717, 1.165) is 23.9 Å². The van der Waals surface area contributed by atoms with Gasteiger partial charge in [0, 0.05) is 28.7 Å². The quantitative estimate of drug-likeness (QED) is 0.286. The fourth-order valence-electron chi connectivity index (χ4n) is 3.59. The number of halogens is 3. The number of pyridine rings is 1. The van der Waals surface area contributed by atoms with E-state index >= 15 is 0 Å². The van der Waals surface area contributed by atoms with E-state index in [1.807, 2.05) is 38.1 Å². The lowest BCUT2D eigenvalue weighted by molar-refractivity contribution is -0.137. The van der Waals surface area contributed by atoms with Gasteiger partial charge in [-0.25, -0.2) is 9.78 Å². The summed E-state index contributed by atoms with van der Waals surface area (Å²) in [6.45, 7) is 5.79. The number of ether oxygens (including phenoxy) is 3. The largest absolute Gasteiger partial charge is 0.491 e. The lowest BCUT2D eigenvalue weighted by Crippen LogP contribution is -2.07. The summed E-state index contributed by atoms with van der Waals surface area (Å²) in [7, 11) is 0. The van der Waals surface area contributed by atoms with Crippen LogP contribution in [0.1, 0.15) is 36.8 Å². The topological polar surface area (TPSA) is 73.4 Å². The van der Waals surface area contributed by atoms with Crippen LogP contribution in [-0.4, -0.2) is 28.6 Å². The molecule has 9 heteroatoms. The molecule has 0 saturated carbocycles. The first-order valence-electron chi connectivity index (χ1n) is 11.0. The van der Waals surface area contributed by atoms with E-state index in [4.69, 9.17) is 14.2 Å². The Morgan fingerprint density at radius 1 is 1.03 bits per heavy atom. The molecule has 0 bridgehead atoms. The Balaban J connectivity index is 1.74. The fourth-order valence-corrected chi connectivity index (χ4v) is 3.59. The molecular formula is C26H23F3N2O4. The summed E-state index contributed by atoms with van der Waals surface area (Å²) < 4.78 is 55.1. The number of carbonyl (C=O) groups excluding carboxylic acids is 1. The van der Waals surface area contributed by atoms with Crippen molar-refractivity contribution >= 4 is 16.9 Å². The summed E-state index contributed by atoms with van der Waals surface area (Å²) >= 11 is 0. The van der Waals surface area contributed by atoms with Crippen LogP contribution in [0.3, 0.4) is 0 Å². The molecule has 0 radical (unpaired) electrons. The first-order valence-corrected chi connectivity index (χ1v) is 11.0. The van der Waals surface area contributed by atoms with Crippen LogP contribution < -0.4 is 9.47 Å². The predicted octanol–water partition coefficient (Wildman–Crippen LogP) is 7.00. The van der Waals surface area contributed by atoms with Gasteiger partial charge in [0.05, 0.1) is 18.3 Å². The highest BCUT2D eigenvalue weighted by atomic mass is 19.4. The van der Waals surface area contributed by atoms with Crippen LogP contribution in [0.25, 0.3) is 22.0 Å². The maximum absolute atomic E-state index is 12.8. The Morgan fingerprint density at radius 3 is 2.34 bits per heavy atom. The van der Waals surface area contributed by atoms with Gasteiger partial charge in [-0.05, 0) is 62.7 Å². The van der Waals surface area contributed by atoms with Crippen LogP contribution in [-0.2, 0) is 10.9 Å². The first kappa shape index (κ1) is 24.1. The zero-order valence-electron chi connectivity index (χ0n) is 19.3. The average Bonchev–Trinajstić information content (AvgIpc) is 3.18. The molecule has 0 fully saturated rings. The van der Waals surface area contributed by atoms with Crippen molar-refractivity contribution in [2.24, 2.45) is 0 Å². The van der Waals surface area contributed by atoms with E-state index in [0.29, 0.717) is 28.0 Å². The monoisotopic (exact) mass is 484 g/mol. The molecule has 0 unspecified atom stereocenters. The number of fused-ring (bicyclic) bond motifs is 1. The van der Waals surface area contributed by atoms with Crippen LogP contribution >= 0.6 is 0 Å². The molecule has 0 spiro atoms. The van der Waals surface area contributed by atoms with E-state index in [-0.39, 0.29) is 24.3 Å². The highest BCUT2D eigenvalue weighted by Gasteiger charge is 2.30. The van der Waals surface area contributed by atoms with Gasteiger partial charge in [0.15, 0.2) is 0 Å². The smallest absolute Gasteiger partial charge is 0.417 e. The number of aromatic amines is 1. The lowest BCUT2D eigenvalue weighted by Gasteiger charge is -2.11. The third-order valence-corrected chi connectivity index (χ3v) is 5.05. The predicted molar refractivity (Wildman–Crippen MR) is 125 cm³/mol. The van der Waals surface area contributed by atoms with E-state index in [2.05, 4.69) is 9.97 Å². The Kier molecular flexibility index (Phi) is 6.68. The number of rotatable bonds is 7. The van der Waals surface area contributed by atoms with Crippen molar-refractivity contribution < 1.29 is 32.2 Å². The molecule has 6 nitrogen and oxygen atoms in total. The van der Waals surface area contributed by atoms with Gasteiger partial charge in [0.1, 0.15) is 17.2 Å². The highest BCUT2D eigenvalue weighted by molar-refractivity contribution is 6.08. The summed E-state index contributed by atoms with van der Waals surface area (Å²) in [5.41, 5.74) is 1.44. The zero-order valence-corrected chi connectivity index (χ0v) is 19.3. The summed E-state index contributed by atoms with van der Waals surface area (Å²) in [5.74, 6) is 0.544. The summed E-state index contributed by atoms with van der Waals surface area (Å²) in [6, 6.07) is 14.4. The Labute approximate surface area is 199 Å². The number of nitrogens with one attached hydrogen (secondary N) is 1. The van der Waals surface area contributed by atoms with Crippen molar-refractivity contribution in [2.45, 2.75) is 33.1 Å². The molecule has 2 aromatic heterocycles. The Morgan fingerprint density at radius 2 is 1.74 bits per heavy atom. The molecule has 0 saturated heterocycles. The van der Waals surface area contributed by atoms with E-state index in [9.17, 15) is 18.0 Å². The van der Waals surface area contributed by atoms with Gasteiger partial charge >= 0.3 is 12.1 Å². The summed E-state index contributed by atoms with van der Waals surface area (Å²) in [4.78, 5) is 19.6. The van der Waals surface area contributed by atoms with Gasteiger partial charge in [0.2, 0.25) is 5.88 Å². The summed E-state index contributed by atoms with van der Waals surface area (Å²) in [6.07, 6.45) is -3.75. The number of hydrogen-bond donors (Lipinski definition) is 1. The molecule has 182 valence electrons. The molecule has 1 N–H and O–H groups in total. The van der Waals surface area contributed by atoms with Gasteiger partial charge in [-0.2, -0.15) is 13.2 Å². The number of H-pyrrole nitrogens is 1. The lowest BCUT2D eigenvalue weighted by atomic mass is 10.0. The number of aromatic nitrogens is 2. The second kappa shape index (κ2) is 9.69.